The SMILES string of the molecule is Cc1nnc(S(=O)(=O)c2c([N+](=O)[O-])ccc(C(=O)c3ccccc3C)c2N)s1. The van der Waals surface area contributed by atoms with Gasteiger partial charge in [-0.05, 0) is 25.5 Å². The van der Waals surface area contributed by atoms with Gasteiger partial charge in [0, 0.05) is 17.2 Å². The van der Waals surface area contributed by atoms with Crippen LogP contribution in [0.3, 0.4) is 0 Å². The summed E-state index contributed by atoms with van der Waals surface area (Å²) < 4.78 is 25.5. The summed E-state index contributed by atoms with van der Waals surface area (Å²) in [5, 5.41) is 19.0. The number of rotatable bonds is 5. The topological polar surface area (TPSA) is 146 Å². The molecule has 144 valence electrons. The van der Waals surface area contributed by atoms with Gasteiger partial charge in [-0.1, -0.05) is 35.6 Å². The van der Waals surface area contributed by atoms with Gasteiger partial charge in [0.05, 0.1) is 10.6 Å². The number of nitrogens with two attached hydrogens (primary N) is 1. The number of benzene rings is 2. The van der Waals surface area contributed by atoms with Gasteiger partial charge in [-0.15, -0.1) is 10.2 Å². The number of hydrogen-bond acceptors (Lipinski definition) is 9. The van der Waals surface area contributed by atoms with E-state index >= 15 is 0 Å². The zero-order valence-electron chi connectivity index (χ0n) is 14.7. The van der Waals surface area contributed by atoms with Crippen molar-refractivity contribution in [1.29, 1.82) is 0 Å². The van der Waals surface area contributed by atoms with Crippen molar-refractivity contribution in [3.63, 3.8) is 0 Å². The van der Waals surface area contributed by atoms with Crippen LogP contribution in [0.4, 0.5) is 11.4 Å². The number of hydrogen-bond donors (Lipinski definition) is 1. The van der Waals surface area contributed by atoms with E-state index in [0.717, 1.165) is 23.5 Å². The fraction of sp³-hybridized carbons (Fsp3) is 0.118. The second kappa shape index (κ2) is 7.09. The molecule has 0 aliphatic heterocycles. The number of carbonyl (C=O) groups excluding carboxylic acids is 1. The highest BCUT2D eigenvalue weighted by Gasteiger charge is 2.35. The van der Waals surface area contributed by atoms with Gasteiger partial charge in [-0.25, -0.2) is 8.42 Å². The average Bonchev–Trinajstić information content (AvgIpc) is 3.08. The number of anilines is 1. The summed E-state index contributed by atoms with van der Waals surface area (Å²) in [6.07, 6.45) is 0. The molecule has 2 N–H and O–H groups in total. The second-order valence-corrected chi connectivity index (χ2v) is 9.11. The minimum atomic E-state index is -4.45. The fourth-order valence-electron chi connectivity index (χ4n) is 2.66. The van der Waals surface area contributed by atoms with Crippen molar-refractivity contribution >= 4 is 38.3 Å². The molecule has 0 aliphatic carbocycles. The average molecular weight is 418 g/mol. The van der Waals surface area contributed by atoms with Crippen LogP contribution in [0.25, 0.3) is 0 Å². The third-order valence-electron chi connectivity index (χ3n) is 4.01. The van der Waals surface area contributed by atoms with E-state index in [4.69, 9.17) is 5.73 Å². The van der Waals surface area contributed by atoms with Crippen LogP contribution in [0, 0.1) is 24.0 Å². The predicted molar refractivity (Wildman–Crippen MR) is 102 cm³/mol. The van der Waals surface area contributed by atoms with Crippen molar-refractivity contribution in [3.8, 4) is 0 Å². The van der Waals surface area contributed by atoms with Crippen molar-refractivity contribution in [2.75, 3.05) is 5.73 Å². The Kier molecular flexibility index (Phi) is 4.96. The predicted octanol–water partition coefficient (Wildman–Crippen LogP) is 2.71. The van der Waals surface area contributed by atoms with E-state index in [-0.39, 0.29) is 5.56 Å². The Labute approximate surface area is 163 Å². The summed E-state index contributed by atoms with van der Waals surface area (Å²) in [5.74, 6) is -0.532. The van der Waals surface area contributed by atoms with Gasteiger partial charge >= 0.3 is 0 Å². The second-order valence-electron chi connectivity index (χ2n) is 5.87. The van der Waals surface area contributed by atoms with Crippen LogP contribution in [0.5, 0.6) is 0 Å². The minimum absolute atomic E-state index is 0.139. The fourth-order valence-corrected chi connectivity index (χ4v) is 5.27. The quantitative estimate of drug-likeness (QED) is 0.288. The summed E-state index contributed by atoms with van der Waals surface area (Å²) in [5.41, 5.74) is 5.61. The molecule has 0 aliphatic rings. The van der Waals surface area contributed by atoms with E-state index in [2.05, 4.69) is 10.2 Å². The minimum Gasteiger partial charge on any atom is -0.397 e. The Balaban J connectivity index is 2.28. The molecule has 28 heavy (non-hydrogen) atoms. The third kappa shape index (κ3) is 3.25. The van der Waals surface area contributed by atoms with Crippen LogP contribution < -0.4 is 5.73 Å². The van der Waals surface area contributed by atoms with Crippen LogP contribution in [-0.4, -0.2) is 29.3 Å². The molecule has 3 aromatic rings. The van der Waals surface area contributed by atoms with E-state index in [1.54, 1.807) is 38.1 Å². The Morgan fingerprint density at radius 3 is 2.36 bits per heavy atom. The molecule has 0 radical (unpaired) electrons. The molecule has 0 fully saturated rings. The molecule has 0 spiro atoms. The van der Waals surface area contributed by atoms with Crippen LogP contribution >= 0.6 is 11.3 Å². The van der Waals surface area contributed by atoms with Gasteiger partial charge in [0.15, 0.2) is 10.7 Å². The van der Waals surface area contributed by atoms with Crippen molar-refractivity contribution in [2.24, 2.45) is 0 Å². The van der Waals surface area contributed by atoms with Crippen LogP contribution in [0.2, 0.25) is 0 Å². The molecule has 0 atom stereocenters. The standard InChI is InChI=1S/C17H14N4O5S2/c1-9-5-3-4-6-11(9)15(22)12-7-8-13(21(23)24)16(14(12)18)28(25,26)17-20-19-10(2)27-17/h3-8H,18H2,1-2H3. The molecule has 9 nitrogen and oxygen atoms in total. The Hall–Kier alpha value is -3.18. The van der Waals surface area contributed by atoms with Crippen molar-refractivity contribution in [3.05, 3.63) is 68.2 Å². The summed E-state index contributed by atoms with van der Waals surface area (Å²) in [6.45, 7) is 3.27. The summed E-state index contributed by atoms with van der Waals surface area (Å²) in [6, 6.07) is 8.81. The molecule has 3 rings (SSSR count). The van der Waals surface area contributed by atoms with Gasteiger partial charge in [0.2, 0.25) is 14.2 Å². The number of aryl methyl sites for hydroxylation is 2. The maximum Gasteiger partial charge on any atom is 0.290 e. The first-order valence-corrected chi connectivity index (χ1v) is 10.2. The maximum absolute atomic E-state index is 13.0. The van der Waals surface area contributed by atoms with Crippen LogP contribution in [0.15, 0.2) is 45.6 Å². The molecular formula is C17H14N4O5S2. The van der Waals surface area contributed by atoms with Gasteiger partial charge in [-0.2, -0.15) is 0 Å². The normalized spacial score (nSPS) is 11.4. The number of nitro benzene ring substituents is 1. The van der Waals surface area contributed by atoms with E-state index in [1.165, 1.54) is 0 Å². The number of nitrogen functional groups attached to an aromatic ring is 1. The van der Waals surface area contributed by atoms with E-state index in [0.29, 0.717) is 16.1 Å². The van der Waals surface area contributed by atoms with E-state index in [1.807, 2.05) is 0 Å². The summed E-state index contributed by atoms with van der Waals surface area (Å²) >= 11 is 0.758. The molecule has 11 heteroatoms. The molecule has 0 bridgehead atoms. The summed E-state index contributed by atoms with van der Waals surface area (Å²) in [7, 11) is -4.45. The Morgan fingerprint density at radius 1 is 1.11 bits per heavy atom. The zero-order valence-corrected chi connectivity index (χ0v) is 16.4. The van der Waals surface area contributed by atoms with Crippen molar-refractivity contribution < 1.29 is 18.1 Å². The van der Waals surface area contributed by atoms with E-state index in [9.17, 15) is 23.3 Å². The van der Waals surface area contributed by atoms with Gasteiger partial charge < -0.3 is 5.73 Å². The Morgan fingerprint density at radius 2 is 1.79 bits per heavy atom. The van der Waals surface area contributed by atoms with Crippen LogP contribution in [-0.2, 0) is 9.84 Å². The smallest absolute Gasteiger partial charge is 0.290 e. The van der Waals surface area contributed by atoms with Crippen molar-refractivity contribution in [2.45, 2.75) is 23.1 Å². The molecule has 0 unspecified atom stereocenters. The first-order valence-electron chi connectivity index (χ1n) is 7.87. The third-order valence-corrected chi connectivity index (χ3v) is 7.06. The molecule has 2 aromatic carbocycles. The largest absolute Gasteiger partial charge is 0.397 e. The number of aromatic nitrogens is 2. The van der Waals surface area contributed by atoms with Gasteiger partial charge in [-0.3, -0.25) is 14.9 Å². The Bertz CT molecular complexity index is 1220. The lowest BCUT2D eigenvalue weighted by Gasteiger charge is -2.11. The monoisotopic (exact) mass is 418 g/mol. The number of ketones is 1. The molecule has 1 heterocycles. The number of carbonyl (C=O) groups is 1. The lowest BCUT2D eigenvalue weighted by molar-refractivity contribution is -0.387. The first kappa shape index (κ1) is 19.6. The summed E-state index contributed by atoms with van der Waals surface area (Å²) in [4.78, 5) is 22.7. The van der Waals surface area contributed by atoms with E-state index < -0.39 is 41.2 Å². The molecule has 0 saturated carbocycles. The van der Waals surface area contributed by atoms with Crippen LogP contribution in [0.1, 0.15) is 26.5 Å². The number of nitro groups is 1. The highest BCUT2D eigenvalue weighted by atomic mass is 32.2. The maximum atomic E-state index is 13.0. The number of sulfone groups is 1. The first-order chi connectivity index (χ1) is 13.1. The zero-order chi connectivity index (χ0) is 20.6. The molecule has 0 amide bonds. The highest BCUT2D eigenvalue weighted by molar-refractivity contribution is 7.93. The van der Waals surface area contributed by atoms with Crippen molar-refractivity contribution in [1.82, 2.24) is 10.2 Å². The number of nitrogens with zero attached hydrogens (tertiary/aromatic N) is 3. The lowest BCUT2D eigenvalue weighted by Crippen LogP contribution is -2.14. The molecular weight excluding hydrogens is 404 g/mol. The lowest BCUT2D eigenvalue weighted by atomic mass is 9.98. The van der Waals surface area contributed by atoms with Gasteiger partial charge in [0.1, 0.15) is 5.01 Å². The van der Waals surface area contributed by atoms with Gasteiger partial charge in [0.25, 0.3) is 5.69 Å². The molecule has 1 aromatic heterocycles. The molecule has 0 saturated heterocycles. The highest BCUT2D eigenvalue weighted by Crippen LogP contribution is 2.37.